The molecule has 2 rings (SSSR count). The molecule has 17 heavy (non-hydrogen) atoms. The van der Waals surface area contributed by atoms with Crippen molar-refractivity contribution in [3.05, 3.63) is 28.8 Å². The van der Waals surface area contributed by atoms with Gasteiger partial charge in [-0.3, -0.25) is 0 Å². The van der Waals surface area contributed by atoms with E-state index in [9.17, 15) is 0 Å². The number of nitrogens with one attached hydrogen (secondary N) is 1. The molecule has 1 heterocycles. The van der Waals surface area contributed by atoms with Gasteiger partial charge in [-0.1, -0.05) is 18.5 Å². The molecule has 2 nitrogen and oxygen atoms in total. The van der Waals surface area contributed by atoms with Gasteiger partial charge in [0.15, 0.2) is 0 Å². The van der Waals surface area contributed by atoms with Crippen molar-refractivity contribution in [1.29, 1.82) is 0 Å². The highest BCUT2D eigenvalue weighted by Crippen LogP contribution is 2.25. The first-order valence-corrected chi connectivity index (χ1v) is 6.72. The Balaban J connectivity index is 2.04. The van der Waals surface area contributed by atoms with Gasteiger partial charge in [0.25, 0.3) is 0 Å². The topological polar surface area (TPSA) is 21.3 Å². The van der Waals surface area contributed by atoms with Crippen LogP contribution in [0.15, 0.2) is 18.2 Å². The summed E-state index contributed by atoms with van der Waals surface area (Å²) < 4.78 is 6.08. The number of halogens is 1. The van der Waals surface area contributed by atoms with Crippen LogP contribution in [-0.2, 0) is 0 Å². The molecule has 2 atom stereocenters. The molecule has 0 aliphatic carbocycles. The van der Waals surface area contributed by atoms with E-state index in [-0.39, 0.29) is 0 Å². The van der Waals surface area contributed by atoms with Crippen molar-refractivity contribution in [3.8, 4) is 5.75 Å². The van der Waals surface area contributed by atoms with E-state index < -0.39 is 0 Å². The second-order valence-corrected chi connectivity index (χ2v) is 5.14. The molecule has 1 aliphatic rings. The summed E-state index contributed by atoms with van der Waals surface area (Å²) in [5.74, 6) is 1.57. The lowest BCUT2D eigenvalue weighted by atomic mass is 9.99. The van der Waals surface area contributed by atoms with Crippen LogP contribution in [0.4, 0.5) is 0 Å². The molecule has 0 bridgehead atoms. The highest BCUT2D eigenvalue weighted by molar-refractivity contribution is 6.31. The van der Waals surface area contributed by atoms with Gasteiger partial charge < -0.3 is 10.1 Å². The first kappa shape index (κ1) is 12.7. The van der Waals surface area contributed by atoms with Crippen molar-refractivity contribution in [1.82, 2.24) is 5.32 Å². The van der Waals surface area contributed by atoms with E-state index in [2.05, 4.69) is 12.2 Å². The monoisotopic (exact) mass is 253 g/mol. The van der Waals surface area contributed by atoms with E-state index in [1.54, 1.807) is 0 Å². The largest absolute Gasteiger partial charge is 0.490 e. The Labute approximate surface area is 108 Å². The fourth-order valence-corrected chi connectivity index (χ4v) is 2.49. The fraction of sp³-hybridized carbons (Fsp3) is 0.571. The third-order valence-electron chi connectivity index (χ3n) is 3.44. The summed E-state index contributed by atoms with van der Waals surface area (Å²) in [6.45, 7) is 6.38. The van der Waals surface area contributed by atoms with E-state index in [1.165, 1.54) is 6.42 Å². The summed E-state index contributed by atoms with van der Waals surface area (Å²) in [6.07, 6.45) is 2.57. The van der Waals surface area contributed by atoms with Gasteiger partial charge in [0.2, 0.25) is 0 Å². The molecular formula is C14H20ClNO. The minimum absolute atomic E-state index is 0.311. The quantitative estimate of drug-likeness (QED) is 0.888. The van der Waals surface area contributed by atoms with Gasteiger partial charge in [0.1, 0.15) is 11.9 Å². The van der Waals surface area contributed by atoms with Crippen LogP contribution in [0.5, 0.6) is 5.75 Å². The van der Waals surface area contributed by atoms with Crippen molar-refractivity contribution < 1.29 is 4.74 Å². The summed E-state index contributed by atoms with van der Waals surface area (Å²) in [6, 6.07) is 5.89. The van der Waals surface area contributed by atoms with Gasteiger partial charge in [0, 0.05) is 17.5 Å². The Morgan fingerprint density at radius 2 is 2.35 bits per heavy atom. The SMILES string of the molecule is CC[C@H](Oc1ccc(Cl)c(C)c1)C1CCNC1. The van der Waals surface area contributed by atoms with Crippen molar-refractivity contribution in [2.24, 2.45) is 5.92 Å². The second-order valence-electron chi connectivity index (χ2n) is 4.73. The molecule has 1 aromatic rings. The van der Waals surface area contributed by atoms with Gasteiger partial charge in [-0.25, -0.2) is 0 Å². The second kappa shape index (κ2) is 5.74. The Bertz CT molecular complexity index is 374. The zero-order chi connectivity index (χ0) is 12.3. The highest BCUT2D eigenvalue weighted by atomic mass is 35.5. The van der Waals surface area contributed by atoms with Gasteiger partial charge in [0.05, 0.1) is 0 Å². The molecule has 1 fully saturated rings. The molecule has 1 unspecified atom stereocenters. The van der Waals surface area contributed by atoms with Crippen LogP contribution >= 0.6 is 11.6 Å². The lowest BCUT2D eigenvalue weighted by Gasteiger charge is -2.23. The van der Waals surface area contributed by atoms with Gasteiger partial charge in [-0.2, -0.15) is 0 Å². The van der Waals surface area contributed by atoms with Crippen molar-refractivity contribution in [2.45, 2.75) is 32.8 Å². The highest BCUT2D eigenvalue weighted by Gasteiger charge is 2.25. The normalized spacial score (nSPS) is 21.5. The lowest BCUT2D eigenvalue weighted by molar-refractivity contribution is 0.138. The summed E-state index contributed by atoms with van der Waals surface area (Å²) >= 11 is 6.01. The first-order valence-electron chi connectivity index (χ1n) is 6.34. The number of aryl methyl sites for hydroxylation is 1. The minimum Gasteiger partial charge on any atom is -0.490 e. The van der Waals surface area contributed by atoms with Gasteiger partial charge >= 0.3 is 0 Å². The third kappa shape index (κ3) is 3.14. The summed E-state index contributed by atoms with van der Waals surface area (Å²) in [5, 5.41) is 4.19. The molecule has 1 aliphatic heterocycles. The van der Waals surface area contributed by atoms with Crippen LogP contribution in [0.25, 0.3) is 0 Å². The first-order chi connectivity index (χ1) is 8.20. The van der Waals surface area contributed by atoms with Crippen molar-refractivity contribution in [2.75, 3.05) is 13.1 Å². The third-order valence-corrected chi connectivity index (χ3v) is 3.87. The molecule has 0 amide bonds. The number of hydrogen-bond acceptors (Lipinski definition) is 2. The molecule has 1 aromatic carbocycles. The zero-order valence-electron chi connectivity index (χ0n) is 10.5. The van der Waals surface area contributed by atoms with E-state index >= 15 is 0 Å². The predicted molar refractivity (Wildman–Crippen MR) is 71.9 cm³/mol. The van der Waals surface area contributed by atoms with Crippen LogP contribution in [0, 0.1) is 12.8 Å². The standard InChI is InChI=1S/C14H20ClNO/c1-3-14(11-6-7-16-9-11)17-12-4-5-13(15)10(2)8-12/h4-5,8,11,14,16H,3,6-7,9H2,1-2H3/t11?,14-/m0/s1. The Hall–Kier alpha value is -0.730. The van der Waals surface area contributed by atoms with Gasteiger partial charge in [-0.15, -0.1) is 0 Å². The maximum absolute atomic E-state index is 6.08. The molecule has 94 valence electrons. The maximum Gasteiger partial charge on any atom is 0.120 e. The van der Waals surface area contributed by atoms with Crippen molar-refractivity contribution >= 4 is 11.6 Å². The van der Waals surface area contributed by atoms with Crippen LogP contribution in [0.1, 0.15) is 25.3 Å². The number of benzene rings is 1. The molecule has 0 radical (unpaired) electrons. The van der Waals surface area contributed by atoms with Gasteiger partial charge in [-0.05, 0) is 50.1 Å². The van der Waals surface area contributed by atoms with Crippen LogP contribution in [0.3, 0.4) is 0 Å². The molecular weight excluding hydrogens is 234 g/mol. The van der Waals surface area contributed by atoms with Crippen molar-refractivity contribution in [3.63, 3.8) is 0 Å². The lowest BCUT2D eigenvalue weighted by Crippen LogP contribution is -2.28. The van der Waals surface area contributed by atoms with E-state index in [1.807, 2.05) is 25.1 Å². The molecule has 3 heteroatoms. The zero-order valence-corrected chi connectivity index (χ0v) is 11.3. The average Bonchev–Trinajstić information content (AvgIpc) is 2.84. The number of hydrogen-bond donors (Lipinski definition) is 1. The Kier molecular flexibility index (Phi) is 4.30. The Morgan fingerprint density at radius 1 is 1.53 bits per heavy atom. The minimum atomic E-state index is 0.311. The van der Waals surface area contributed by atoms with E-state index in [0.717, 1.165) is 35.8 Å². The molecule has 0 saturated carbocycles. The molecule has 0 aromatic heterocycles. The smallest absolute Gasteiger partial charge is 0.120 e. The number of ether oxygens (including phenoxy) is 1. The fourth-order valence-electron chi connectivity index (χ4n) is 2.37. The summed E-state index contributed by atoms with van der Waals surface area (Å²) in [5.41, 5.74) is 1.07. The predicted octanol–water partition coefficient (Wildman–Crippen LogP) is 3.42. The summed E-state index contributed by atoms with van der Waals surface area (Å²) in [4.78, 5) is 0. The van der Waals surface area contributed by atoms with Crippen LogP contribution in [-0.4, -0.2) is 19.2 Å². The van der Waals surface area contributed by atoms with E-state index in [0.29, 0.717) is 12.0 Å². The van der Waals surface area contributed by atoms with Crippen LogP contribution < -0.4 is 10.1 Å². The van der Waals surface area contributed by atoms with E-state index in [4.69, 9.17) is 16.3 Å². The number of rotatable bonds is 4. The maximum atomic E-state index is 6.08. The molecule has 1 N–H and O–H groups in total. The Morgan fingerprint density at radius 3 is 2.94 bits per heavy atom. The summed E-state index contributed by atoms with van der Waals surface area (Å²) in [7, 11) is 0. The molecule has 1 saturated heterocycles. The average molecular weight is 254 g/mol. The van der Waals surface area contributed by atoms with Crippen LogP contribution in [0.2, 0.25) is 5.02 Å². The molecule has 0 spiro atoms.